The summed E-state index contributed by atoms with van der Waals surface area (Å²) in [5.41, 5.74) is -6.22. The number of hydroxylamine groups is 8. The lowest BCUT2D eigenvalue weighted by atomic mass is 9.86. The fourth-order valence-electron chi connectivity index (χ4n) is 10.5. The highest BCUT2D eigenvalue weighted by Crippen LogP contribution is 2.46. The van der Waals surface area contributed by atoms with E-state index in [1.807, 2.05) is 55.4 Å². The highest BCUT2D eigenvalue weighted by Gasteiger charge is 2.59. The second-order valence-corrected chi connectivity index (χ2v) is 21.6. The third-order valence-electron chi connectivity index (χ3n) is 13.6. The van der Waals surface area contributed by atoms with Crippen molar-refractivity contribution in [1.82, 2.24) is 20.3 Å². The minimum Gasteiger partial charge on any atom is -0.460 e. The van der Waals surface area contributed by atoms with Gasteiger partial charge in [0.05, 0.1) is 42.3 Å². The number of esters is 4. The molecule has 58 heavy (non-hydrogen) atoms. The average Bonchev–Trinajstić information content (AvgIpc) is 3.50. The molecule has 0 aromatic carbocycles. The third-order valence-corrected chi connectivity index (χ3v) is 13.6. The Labute approximate surface area is 345 Å². The fraction of sp³-hybridized carbons (Fsp3) is 0.905. The van der Waals surface area contributed by atoms with E-state index in [-0.39, 0.29) is 25.7 Å². The van der Waals surface area contributed by atoms with Crippen LogP contribution in [0.5, 0.6) is 0 Å². The molecule has 0 amide bonds. The van der Waals surface area contributed by atoms with Gasteiger partial charge in [0.15, 0.2) is 5.92 Å². The number of rotatable bonds is 13. The number of carbonyl (C=O) groups excluding carboxylic acids is 4. The maximum absolute atomic E-state index is 14.7. The van der Waals surface area contributed by atoms with E-state index in [1.165, 1.54) is 0 Å². The number of carbonyl (C=O) groups is 4. The van der Waals surface area contributed by atoms with Crippen molar-refractivity contribution in [3.63, 3.8) is 0 Å². The molecule has 334 valence electrons. The molecule has 0 aliphatic carbocycles. The Morgan fingerprint density at radius 2 is 0.810 bits per heavy atom. The summed E-state index contributed by atoms with van der Waals surface area (Å²) >= 11 is 0. The van der Waals surface area contributed by atoms with E-state index in [0.717, 1.165) is 10.1 Å². The van der Waals surface area contributed by atoms with Crippen LogP contribution < -0.4 is 0 Å². The zero-order valence-corrected chi connectivity index (χ0v) is 38.5. The van der Waals surface area contributed by atoms with Crippen LogP contribution in [0.15, 0.2) is 0 Å². The number of ether oxygens (including phenoxy) is 4. The van der Waals surface area contributed by atoms with E-state index >= 15 is 0 Å². The van der Waals surface area contributed by atoms with Crippen molar-refractivity contribution in [1.29, 1.82) is 0 Å². The summed E-state index contributed by atoms with van der Waals surface area (Å²) in [6.45, 7) is 29.6. The topological polar surface area (TPSA) is 177 Å². The molecule has 4 aliphatic heterocycles. The first kappa shape index (κ1) is 48.2. The second kappa shape index (κ2) is 15.8. The lowest BCUT2D eigenvalue weighted by Gasteiger charge is -2.38. The molecule has 4 fully saturated rings. The molecule has 2 N–H and O–H groups in total. The Kier molecular flexibility index (Phi) is 13.1. The van der Waals surface area contributed by atoms with Gasteiger partial charge in [-0.3, -0.25) is 19.2 Å². The first-order chi connectivity index (χ1) is 26.1. The summed E-state index contributed by atoms with van der Waals surface area (Å²) in [6.07, 6.45) is -2.49. The van der Waals surface area contributed by atoms with E-state index < -0.39 is 104 Å². The van der Waals surface area contributed by atoms with Gasteiger partial charge in [-0.15, -0.1) is 0 Å². The van der Waals surface area contributed by atoms with Crippen molar-refractivity contribution in [3.05, 3.63) is 0 Å². The van der Waals surface area contributed by atoms with E-state index in [1.54, 1.807) is 79.7 Å². The summed E-state index contributed by atoms with van der Waals surface area (Å²) in [5.74, 6) is -7.09. The van der Waals surface area contributed by atoms with Crippen LogP contribution in [0.4, 0.5) is 0 Å². The van der Waals surface area contributed by atoms with Crippen molar-refractivity contribution >= 4 is 23.9 Å². The van der Waals surface area contributed by atoms with Gasteiger partial charge in [0, 0.05) is 54.3 Å². The highest BCUT2D eigenvalue weighted by molar-refractivity contribution is 5.99. The van der Waals surface area contributed by atoms with Gasteiger partial charge < -0.3 is 39.0 Å². The van der Waals surface area contributed by atoms with Gasteiger partial charge in [-0.2, -0.15) is 20.3 Å². The maximum atomic E-state index is 14.7. The predicted octanol–water partition coefficient (Wildman–Crippen LogP) is 5.60. The highest BCUT2D eigenvalue weighted by atomic mass is 16.7. The summed E-state index contributed by atoms with van der Waals surface area (Å²) in [4.78, 5) is 69.3. The van der Waals surface area contributed by atoms with Gasteiger partial charge in [0.25, 0.3) is 0 Å². The van der Waals surface area contributed by atoms with Crippen LogP contribution in [0, 0.1) is 11.8 Å². The Morgan fingerprint density at radius 3 is 1.12 bits per heavy atom. The molecule has 4 rings (SSSR count). The molecule has 5 unspecified atom stereocenters. The standard InChI is InChI=1S/C42H74N4O12/c1-35(2)21-26(39(9,10)43(35)51)57-33(49)31(34(50)58-27-22-36(3,4)44(52)40(27,11)12)25(32(48)56-29-24-38(7,8)46(54-18)42(29,15)16)19-20-30(47)55-28-23-37(5,6)45(53-17)41(28,13)14/h25-29,31,51-52H,19-24H2,1-18H3. The minimum absolute atomic E-state index is 0.221. The molecule has 16 heteroatoms. The first-order valence-electron chi connectivity index (χ1n) is 20.6. The largest absolute Gasteiger partial charge is 0.460 e. The molecule has 5 atom stereocenters. The Balaban J connectivity index is 1.75. The quantitative estimate of drug-likeness (QED) is 0.133. The van der Waals surface area contributed by atoms with Gasteiger partial charge in [0.2, 0.25) is 0 Å². The van der Waals surface area contributed by atoms with E-state index in [9.17, 15) is 29.6 Å². The molecule has 4 saturated heterocycles. The number of hydrogen-bond donors (Lipinski definition) is 2. The van der Waals surface area contributed by atoms with Crippen LogP contribution in [0.3, 0.4) is 0 Å². The Morgan fingerprint density at radius 1 is 0.500 bits per heavy atom. The molecule has 4 aliphatic rings. The summed E-state index contributed by atoms with van der Waals surface area (Å²) in [6, 6.07) is 0. The van der Waals surface area contributed by atoms with Crippen molar-refractivity contribution in [2.75, 3.05) is 14.2 Å². The van der Waals surface area contributed by atoms with E-state index in [4.69, 9.17) is 28.6 Å². The monoisotopic (exact) mass is 827 g/mol. The maximum Gasteiger partial charge on any atom is 0.321 e. The van der Waals surface area contributed by atoms with Crippen molar-refractivity contribution in [2.24, 2.45) is 11.8 Å². The van der Waals surface area contributed by atoms with Gasteiger partial charge in [-0.1, -0.05) is 0 Å². The Hall–Kier alpha value is -2.44. The minimum atomic E-state index is -1.89. The third kappa shape index (κ3) is 8.68. The van der Waals surface area contributed by atoms with Crippen LogP contribution in [0.1, 0.15) is 149 Å². The number of hydrogen-bond acceptors (Lipinski definition) is 16. The van der Waals surface area contributed by atoms with Crippen LogP contribution in [0.2, 0.25) is 0 Å². The zero-order chi connectivity index (χ0) is 44.6. The van der Waals surface area contributed by atoms with Crippen LogP contribution in [0.25, 0.3) is 0 Å². The predicted molar refractivity (Wildman–Crippen MR) is 212 cm³/mol. The first-order valence-corrected chi connectivity index (χ1v) is 20.6. The molecular weight excluding hydrogens is 752 g/mol. The van der Waals surface area contributed by atoms with E-state index in [2.05, 4.69) is 0 Å². The van der Waals surface area contributed by atoms with Crippen molar-refractivity contribution in [2.45, 2.75) is 218 Å². The molecule has 0 saturated carbocycles. The molecule has 0 radical (unpaired) electrons. The van der Waals surface area contributed by atoms with Crippen LogP contribution >= 0.6 is 0 Å². The normalized spacial score (nSPS) is 31.7. The lowest BCUT2D eigenvalue weighted by Crippen LogP contribution is -2.52. The Bertz CT molecular complexity index is 1520. The molecule has 0 spiro atoms. The lowest BCUT2D eigenvalue weighted by molar-refractivity contribution is -0.230. The van der Waals surface area contributed by atoms with Crippen molar-refractivity contribution < 1.29 is 58.2 Å². The van der Waals surface area contributed by atoms with E-state index in [0.29, 0.717) is 12.8 Å². The second-order valence-electron chi connectivity index (χ2n) is 21.6. The van der Waals surface area contributed by atoms with Crippen LogP contribution in [-0.2, 0) is 47.8 Å². The molecule has 4 heterocycles. The average molecular weight is 827 g/mol. The summed E-state index contributed by atoms with van der Waals surface area (Å²) < 4.78 is 24.6. The van der Waals surface area contributed by atoms with Gasteiger partial charge in [-0.05, 0) is 117 Å². The smallest absolute Gasteiger partial charge is 0.321 e. The molecule has 16 nitrogen and oxygen atoms in total. The molecule has 0 aromatic heterocycles. The fourth-order valence-corrected chi connectivity index (χ4v) is 10.5. The van der Waals surface area contributed by atoms with Gasteiger partial charge >= 0.3 is 23.9 Å². The van der Waals surface area contributed by atoms with Gasteiger partial charge in [-0.25, -0.2) is 0 Å². The molecule has 0 bridgehead atoms. The number of nitrogens with zero attached hydrogens (tertiary/aromatic N) is 4. The summed E-state index contributed by atoms with van der Waals surface area (Å²) in [7, 11) is 3.11. The summed E-state index contributed by atoms with van der Waals surface area (Å²) in [5, 5.41) is 27.9. The molecular formula is C42H74N4O12. The van der Waals surface area contributed by atoms with Crippen LogP contribution in [-0.4, -0.2) is 137 Å². The molecule has 0 aromatic rings. The van der Waals surface area contributed by atoms with Gasteiger partial charge in [0.1, 0.15) is 24.4 Å². The van der Waals surface area contributed by atoms with Crippen molar-refractivity contribution in [3.8, 4) is 0 Å². The SMILES string of the molecule is CON1C(C)(C)CC(OC(=O)CCC(C(=O)OC2CC(C)(C)N(OC)C2(C)C)C(C(=O)OC2CC(C)(C)N(O)C2(C)C)C(=O)OC2CC(C)(C)N(O)C2(C)C)C1(C)C. The zero-order valence-electron chi connectivity index (χ0n) is 38.5.